The standard InChI is InChI=1S/C17H23N3O/c1-4-14-7-8-15(19-14)17(21)20-16(10-12(2)3)13-6-5-9-18-11-13/h5-9,11-12,16,19H,4,10H2,1-3H3,(H,20,21)/t16-/m1/s1. The predicted octanol–water partition coefficient (Wildman–Crippen LogP) is 3.49. The van der Waals surface area contributed by atoms with Gasteiger partial charge >= 0.3 is 0 Å². The topological polar surface area (TPSA) is 57.8 Å². The van der Waals surface area contributed by atoms with Crippen LogP contribution >= 0.6 is 0 Å². The van der Waals surface area contributed by atoms with E-state index < -0.39 is 0 Å². The van der Waals surface area contributed by atoms with Crippen molar-refractivity contribution in [3.8, 4) is 0 Å². The van der Waals surface area contributed by atoms with Crippen LogP contribution in [0, 0.1) is 5.92 Å². The van der Waals surface area contributed by atoms with Crippen molar-refractivity contribution >= 4 is 5.91 Å². The van der Waals surface area contributed by atoms with Gasteiger partial charge in [-0.15, -0.1) is 0 Å². The summed E-state index contributed by atoms with van der Waals surface area (Å²) in [5.41, 5.74) is 2.73. The Labute approximate surface area is 126 Å². The summed E-state index contributed by atoms with van der Waals surface area (Å²) in [6, 6.07) is 7.69. The van der Waals surface area contributed by atoms with Gasteiger partial charge in [0.25, 0.3) is 5.91 Å². The van der Waals surface area contributed by atoms with Gasteiger partial charge in [-0.05, 0) is 42.5 Å². The zero-order chi connectivity index (χ0) is 15.2. The van der Waals surface area contributed by atoms with E-state index in [0.29, 0.717) is 11.6 Å². The molecule has 0 aromatic carbocycles. The Morgan fingerprint density at radius 3 is 2.71 bits per heavy atom. The number of H-pyrrole nitrogens is 1. The zero-order valence-electron chi connectivity index (χ0n) is 12.9. The summed E-state index contributed by atoms with van der Waals surface area (Å²) < 4.78 is 0. The zero-order valence-corrected chi connectivity index (χ0v) is 12.9. The second-order valence-electron chi connectivity index (χ2n) is 5.69. The molecular formula is C17H23N3O. The van der Waals surface area contributed by atoms with Crippen LogP contribution in [0.5, 0.6) is 0 Å². The number of carbonyl (C=O) groups excluding carboxylic acids is 1. The third-order valence-corrected chi connectivity index (χ3v) is 3.47. The molecule has 2 aromatic heterocycles. The summed E-state index contributed by atoms with van der Waals surface area (Å²) in [5, 5.41) is 3.11. The van der Waals surface area contributed by atoms with Gasteiger partial charge in [-0.25, -0.2) is 0 Å². The minimum Gasteiger partial charge on any atom is -0.354 e. The molecule has 0 saturated carbocycles. The maximum Gasteiger partial charge on any atom is 0.268 e. The first kappa shape index (κ1) is 15.3. The smallest absolute Gasteiger partial charge is 0.268 e. The largest absolute Gasteiger partial charge is 0.354 e. The normalized spacial score (nSPS) is 12.4. The molecule has 2 N–H and O–H groups in total. The van der Waals surface area contributed by atoms with Crippen LogP contribution in [-0.4, -0.2) is 15.9 Å². The van der Waals surface area contributed by atoms with Crippen molar-refractivity contribution in [1.29, 1.82) is 0 Å². The minimum atomic E-state index is -0.0656. The van der Waals surface area contributed by atoms with E-state index in [4.69, 9.17) is 0 Å². The monoisotopic (exact) mass is 285 g/mol. The fraction of sp³-hybridized carbons (Fsp3) is 0.412. The Balaban J connectivity index is 2.13. The van der Waals surface area contributed by atoms with E-state index >= 15 is 0 Å². The van der Waals surface area contributed by atoms with Crippen LogP contribution in [0.2, 0.25) is 0 Å². The molecule has 0 radical (unpaired) electrons. The molecule has 4 nitrogen and oxygen atoms in total. The Kier molecular flexibility index (Phi) is 5.14. The summed E-state index contributed by atoms with van der Waals surface area (Å²) in [6.07, 6.45) is 5.35. The molecule has 0 aliphatic heterocycles. The van der Waals surface area contributed by atoms with Crippen molar-refractivity contribution in [2.24, 2.45) is 5.92 Å². The lowest BCUT2D eigenvalue weighted by atomic mass is 9.98. The molecule has 0 fully saturated rings. The summed E-state index contributed by atoms with van der Waals surface area (Å²) >= 11 is 0. The molecule has 21 heavy (non-hydrogen) atoms. The Morgan fingerprint density at radius 1 is 1.33 bits per heavy atom. The van der Waals surface area contributed by atoms with Crippen molar-refractivity contribution in [3.05, 3.63) is 53.6 Å². The molecule has 0 aliphatic carbocycles. The van der Waals surface area contributed by atoms with Crippen LogP contribution in [0.4, 0.5) is 0 Å². The summed E-state index contributed by atoms with van der Waals surface area (Å²) in [6.45, 7) is 6.36. The molecule has 2 aromatic rings. The highest BCUT2D eigenvalue weighted by molar-refractivity contribution is 5.92. The molecule has 2 heterocycles. The summed E-state index contributed by atoms with van der Waals surface area (Å²) in [4.78, 5) is 19.7. The lowest BCUT2D eigenvalue weighted by molar-refractivity contribution is 0.0927. The first-order valence-electron chi connectivity index (χ1n) is 7.48. The average Bonchev–Trinajstić information content (AvgIpc) is 2.96. The maximum atomic E-state index is 12.4. The fourth-order valence-corrected chi connectivity index (χ4v) is 2.35. The van der Waals surface area contributed by atoms with Gasteiger partial charge in [0.2, 0.25) is 0 Å². The predicted molar refractivity (Wildman–Crippen MR) is 84.1 cm³/mol. The van der Waals surface area contributed by atoms with Crippen LogP contribution in [0.25, 0.3) is 0 Å². The Hall–Kier alpha value is -2.10. The van der Waals surface area contributed by atoms with Crippen molar-refractivity contribution in [1.82, 2.24) is 15.3 Å². The molecular weight excluding hydrogens is 262 g/mol. The highest BCUT2D eigenvalue weighted by atomic mass is 16.1. The molecule has 4 heteroatoms. The van der Waals surface area contributed by atoms with Crippen LogP contribution in [0.1, 0.15) is 55.0 Å². The quantitative estimate of drug-likeness (QED) is 0.853. The maximum absolute atomic E-state index is 12.4. The van der Waals surface area contributed by atoms with E-state index in [1.165, 1.54) is 0 Å². The number of nitrogens with one attached hydrogen (secondary N) is 2. The van der Waals surface area contributed by atoms with E-state index in [0.717, 1.165) is 24.1 Å². The van der Waals surface area contributed by atoms with Gasteiger partial charge in [-0.1, -0.05) is 26.8 Å². The first-order chi connectivity index (χ1) is 10.1. The summed E-state index contributed by atoms with van der Waals surface area (Å²) in [7, 11) is 0. The van der Waals surface area contributed by atoms with Gasteiger partial charge in [0.05, 0.1) is 6.04 Å². The van der Waals surface area contributed by atoms with Crippen molar-refractivity contribution < 1.29 is 4.79 Å². The highest BCUT2D eigenvalue weighted by Crippen LogP contribution is 2.21. The number of aromatic nitrogens is 2. The second kappa shape index (κ2) is 7.07. The molecule has 2 rings (SSSR count). The number of hydrogen-bond donors (Lipinski definition) is 2. The number of nitrogens with zero attached hydrogens (tertiary/aromatic N) is 1. The van der Waals surface area contributed by atoms with Crippen LogP contribution in [0.15, 0.2) is 36.7 Å². The highest BCUT2D eigenvalue weighted by Gasteiger charge is 2.18. The SMILES string of the molecule is CCc1ccc(C(=O)N[C@H](CC(C)C)c2cccnc2)[nH]1. The van der Waals surface area contributed by atoms with Crippen LogP contribution in [0.3, 0.4) is 0 Å². The molecule has 0 bridgehead atoms. The second-order valence-corrected chi connectivity index (χ2v) is 5.69. The number of aromatic amines is 1. The third-order valence-electron chi connectivity index (χ3n) is 3.47. The van der Waals surface area contributed by atoms with Crippen LogP contribution in [-0.2, 0) is 6.42 Å². The molecule has 0 aliphatic rings. The summed E-state index contributed by atoms with van der Waals surface area (Å²) in [5.74, 6) is 0.426. The molecule has 112 valence electrons. The molecule has 1 amide bonds. The van der Waals surface area contributed by atoms with E-state index in [1.54, 1.807) is 6.20 Å². The fourth-order valence-electron chi connectivity index (χ4n) is 2.35. The molecule has 0 saturated heterocycles. The number of pyridine rings is 1. The lowest BCUT2D eigenvalue weighted by Gasteiger charge is -2.20. The lowest BCUT2D eigenvalue weighted by Crippen LogP contribution is -2.29. The van der Waals surface area contributed by atoms with Crippen molar-refractivity contribution in [3.63, 3.8) is 0 Å². The number of carbonyl (C=O) groups is 1. The Bertz CT molecular complexity index is 575. The number of hydrogen-bond acceptors (Lipinski definition) is 2. The first-order valence-corrected chi connectivity index (χ1v) is 7.48. The molecule has 1 atom stereocenters. The minimum absolute atomic E-state index is 0.0143. The third kappa shape index (κ3) is 4.18. The average molecular weight is 285 g/mol. The number of amides is 1. The van der Waals surface area contributed by atoms with E-state index in [9.17, 15) is 4.79 Å². The van der Waals surface area contributed by atoms with Gasteiger partial charge in [-0.3, -0.25) is 9.78 Å². The van der Waals surface area contributed by atoms with Gasteiger partial charge in [0, 0.05) is 18.1 Å². The number of aryl methyl sites for hydroxylation is 1. The van der Waals surface area contributed by atoms with Crippen LogP contribution < -0.4 is 5.32 Å². The Morgan fingerprint density at radius 2 is 2.14 bits per heavy atom. The van der Waals surface area contributed by atoms with Gasteiger partial charge < -0.3 is 10.3 Å². The van der Waals surface area contributed by atoms with Gasteiger partial charge in [-0.2, -0.15) is 0 Å². The van der Waals surface area contributed by atoms with Crippen molar-refractivity contribution in [2.75, 3.05) is 0 Å². The van der Waals surface area contributed by atoms with Gasteiger partial charge in [0.15, 0.2) is 0 Å². The van der Waals surface area contributed by atoms with E-state index in [1.807, 2.05) is 30.5 Å². The molecule has 0 spiro atoms. The van der Waals surface area contributed by atoms with E-state index in [2.05, 4.69) is 36.1 Å². The molecule has 0 unspecified atom stereocenters. The van der Waals surface area contributed by atoms with Gasteiger partial charge in [0.1, 0.15) is 5.69 Å². The van der Waals surface area contributed by atoms with Crippen molar-refractivity contribution in [2.45, 2.75) is 39.7 Å². The van der Waals surface area contributed by atoms with E-state index in [-0.39, 0.29) is 11.9 Å². The number of rotatable bonds is 6.